The second-order valence-corrected chi connectivity index (χ2v) is 5.45. The molecule has 3 rings (SSSR count). The number of fused-ring (bicyclic) bond motifs is 2. The van der Waals surface area contributed by atoms with E-state index in [1.54, 1.807) is 12.1 Å². The number of hydrogen-bond donors (Lipinski definition) is 2. The quantitative estimate of drug-likeness (QED) is 0.375. The van der Waals surface area contributed by atoms with Crippen LogP contribution in [0.25, 0.3) is 0 Å². The molecule has 0 aliphatic carbocycles. The zero-order valence-corrected chi connectivity index (χ0v) is 11.2. The van der Waals surface area contributed by atoms with E-state index in [1.807, 2.05) is 6.07 Å². The standard InChI is InChI=1S/C13H16ClN3O2/c14-8-1-4-11(13(15)16-18)12(5-8)17-6-9-2-3-10(7-17)19-9/h1,4-5,9-10,18H,2-3,6-7H2,(H2,15,16). The highest BCUT2D eigenvalue weighted by atomic mass is 35.5. The first-order valence-corrected chi connectivity index (χ1v) is 6.73. The molecule has 2 atom stereocenters. The van der Waals surface area contributed by atoms with Crippen LogP contribution in [0.4, 0.5) is 5.69 Å². The normalized spacial score (nSPS) is 26.8. The lowest BCUT2D eigenvalue weighted by atomic mass is 10.1. The number of nitrogens with two attached hydrogens (primary N) is 1. The lowest BCUT2D eigenvalue weighted by Gasteiger charge is -2.35. The van der Waals surface area contributed by atoms with E-state index in [2.05, 4.69) is 10.1 Å². The van der Waals surface area contributed by atoms with Crippen molar-refractivity contribution in [3.05, 3.63) is 28.8 Å². The van der Waals surface area contributed by atoms with Crippen LogP contribution in [0.5, 0.6) is 0 Å². The summed E-state index contributed by atoms with van der Waals surface area (Å²) in [6.45, 7) is 1.64. The Balaban J connectivity index is 1.97. The molecule has 0 spiro atoms. The maximum absolute atomic E-state index is 8.88. The minimum absolute atomic E-state index is 0.102. The third-order valence-corrected chi connectivity index (χ3v) is 3.96. The van der Waals surface area contributed by atoms with E-state index in [0.29, 0.717) is 10.6 Å². The lowest BCUT2D eigenvalue weighted by molar-refractivity contribution is 0.0305. The van der Waals surface area contributed by atoms with Crippen LogP contribution >= 0.6 is 11.6 Å². The predicted molar refractivity (Wildman–Crippen MR) is 74.1 cm³/mol. The van der Waals surface area contributed by atoms with E-state index in [4.69, 9.17) is 27.3 Å². The first-order chi connectivity index (χ1) is 9.17. The second-order valence-electron chi connectivity index (χ2n) is 5.01. The molecule has 0 radical (unpaired) electrons. The zero-order valence-electron chi connectivity index (χ0n) is 10.4. The number of halogens is 1. The molecule has 6 heteroatoms. The summed E-state index contributed by atoms with van der Waals surface area (Å²) in [5.41, 5.74) is 7.34. The SMILES string of the molecule is NC(=NO)c1ccc(Cl)cc1N1CC2CCC(C1)O2. The molecule has 2 fully saturated rings. The molecule has 3 N–H and O–H groups in total. The van der Waals surface area contributed by atoms with Gasteiger partial charge in [-0.15, -0.1) is 0 Å². The Morgan fingerprint density at radius 2 is 2.05 bits per heavy atom. The van der Waals surface area contributed by atoms with Gasteiger partial charge >= 0.3 is 0 Å². The molecule has 1 aromatic rings. The third kappa shape index (κ3) is 2.35. The molecule has 5 nitrogen and oxygen atoms in total. The van der Waals surface area contributed by atoms with Crippen molar-refractivity contribution in [3.63, 3.8) is 0 Å². The maximum atomic E-state index is 8.88. The van der Waals surface area contributed by atoms with E-state index in [1.165, 1.54) is 0 Å². The summed E-state index contributed by atoms with van der Waals surface area (Å²) in [6, 6.07) is 5.39. The van der Waals surface area contributed by atoms with Gasteiger partial charge in [-0.2, -0.15) is 0 Å². The number of anilines is 1. The van der Waals surface area contributed by atoms with Gasteiger partial charge in [0.2, 0.25) is 0 Å². The van der Waals surface area contributed by atoms with Crippen molar-refractivity contribution in [3.8, 4) is 0 Å². The van der Waals surface area contributed by atoms with E-state index in [-0.39, 0.29) is 18.0 Å². The number of rotatable bonds is 2. The molecule has 1 aromatic carbocycles. The van der Waals surface area contributed by atoms with Crippen LogP contribution in [0.3, 0.4) is 0 Å². The highest BCUT2D eigenvalue weighted by Crippen LogP contribution is 2.32. The van der Waals surface area contributed by atoms with Gasteiger partial charge in [0.25, 0.3) is 0 Å². The van der Waals surface area contributed by atoms with Crippen LogP contribution in [-0.4, -0.2) is 36.3 Å². The van der Waals surface area contributed by atoms with Crippen LogP contribution in [0.1, 0.15) is 18.4 Å². The Morgan fingerprint density at radius 1 is 1.37 bits per heavy atom. The maximum Gasteiger partial charge on any atom is 0.172 e. The van der Waals surface area contributed by atoms with Gasteiger partial charge in [0, 0.05) is 29.4 Å². The highest BCUT2D eigenvalue weighted by Gasteiger charge is 2.34. The minimum Gasteiger partial charge on any atom is -0.409 e. The van der Waals surface area contributed by atoms with Crippen molar-refractivity contribution < 1.29 is 9.94 Å². The van der Waals surface area contributed by atoms with Crippen molar-refractivity contribution in [1.82, 2.24) is 0 Å². The van der Waals surface area contributed by atoms with Crippen molar-refractivity contribution >= 4 is 23.1 Å². The lowest BCUT2D eigenvalue weighted by Crippen LogP contribution is -2.43. The van der Waals surface area contributed by atoms with E-state index >= 15 is 0 Å². The van der Waals surface area contributed by atoms with Crippen LogP contribution in [0.2, 0.25) is 5.02 Å². The van der Waals surface area contributed by atoms with Gasteiger partial charge in [-0.25, -0.2) is 0 Å². The number of hydrogen-bond acceptors (Lipinski definition) is 4. The zero-order chi connectivity index (χ0) is 13.4. The summed E-state index contributed by atoms with van der Waals surface area (Å²) < 4.78 is 5.82. The van der Waals surface area contributed by atoms with Gasteiger partial charge in [0.1, 0.15) is 0 Å². The Kier molecular flexibility index (Phi) is 3.24. The Labute approximate surface area is 116 Å². The molecule has 2 saturated heterocycles. The number of oxime groups is 1. The number of morpholine rings is 1. The number of nitrogens with zero attached hydrogens (tertiary/aromatic N) is 2. The van der Waals surface area contributed by atoms with Crippen LogP contribution in [0.15, 0.2) is 23.4 Å². The van der Waals surface area contributed by atoms with E-state index < -0.39 is 0 Å². The number of benzene rings is 1. The highest BCUT2D eigenvalue weighted by molar-refractivity contribution is 6.31. The summed E-state index contributed by atoms with van der Waals surface area (Å²) in [6.07, 6.45) is 2.75. The smallest absolute Gasteiger partial charge is 0.172 e. The fourth-order valence-corrected chi connectivity index (χ4v) is 3.01. The molecule has 0 amide bonds. The fraction of sp³-hybridized carbons (Fsp3) is 0.462. The Bertz CT molecular complexity index is 509. The first-order valence-electron chi connectivity index (χ1n) is 6.35. The molecule has 19 heavy (non-hydrogen) atoms. The summed E-state index contributed by atoms with van der Waals surface area (Å²) in [5, 5.41) is 12.6. The molecule has 2 heterocycles. The van der Waals surface area contributed by atoms with Gasteiger partial charge in [0.15, 0.2) is 5.84 Å². The van der Waals surface area contributed by atoms with Crippen molar-refractivity contribution in [2.45, 2.75) is 25.0 Å². The monoisotopic (exact) mass is 281 g/mol. The van der Waals surface area contributed by atoms with Crippen molar-refractivity contribution in [1.29, 1.82) is 0 Å². The summed E-state index contributed by atoms with van der Waals surface area (Å²) in [7, 11) is 0. The summed E-state index contributed by atoms with van der Waals surface area (Å²) in [5.74, 6) is 0.102. The van der Waals surface area contributed by atoms with E-state index in [9.17, 15) is 0 Å². The average molecular weight is 282 g/mol. The van der Waals surface area contributed by atoms with Crippen LogP contribution in [0, 0.1) is 0 Å². The average Bonchev–Trinajstić information content (AvgIpc) is 2.76. The molecule has 2 bridgehead atoms. The molecule has 2 unspecified atom stereocenters. The topological polar surface area (TPSA) is 71.1 Å². The summed E-state index contributed by atoms with van der Waals surface area (Å²) in [4.78, 5) is 2.21. The van der Waals surface area contributed by atoms with Crippen molar-refractivity contribution in [2.75, 3.05) is 18.0 Å². The van der Waals surface area contributed by atoms with Gasteiger partial charge in [0.05, 0.1) is 12.2 Å². The number of amidine groups is 1. The van der Waals surface area contributed by atoms with Gasteiger partial charge < -0.3 is 20.6 Å². The molecule has 0 saturated carbocycles. The summed E-state index contributed by atoms with van der Waals surface area (Å²) >= 11 is 6.07. The van der Waals surface area contributed by atoms with Gasteiger partial charge in [-0.1, -0.05) is 16.8 Å². The first kappa shape index (κ1) is 12.6. The van der Waals surface area contributed by atoms with Crippen molar-refractivity contribution in [2.24, 2.45) is 10.9 Å². The largest absolute Gasteiger partial charge is 0.409 e. The molecule has 102 valence electrons. The fourth-order valence-electron chi connectivity index (χ4n) is 2.85. The Morgan fingerprint density at radius 3 is 2.68 bits per heavy atom. The predicted octanol–water partition coefficient (Wildman–Crippen LogP) is 1.80. The van der Waals surface area contributed by atoms with Crippen LogP contribution < -0.4 is 10.6 Å². The molecular formula is C13H16ClN3O2. The van der Waals surface area contributed by atoms with Gasteiger partial charge in [-0.05, 0) is 31.0 Å². The van der Waals surface area contributed by atoms with E-state index in [0.717, 1.165) is 31.6 Å². The van der Waals surface area contributed by atoms with Gasteiger partial charge in [-0.3, -0.25) is 0 Å². The van der Waals surface area contributed by atoms with Crippen LogP contribution in [-0.2, 0) is 4.74 Å². The Hall–Kier alpha value is -1.46. The molecule has 2 aliphatic heterocycles. The number of ether oxygens (including phenoxy) is 1. The molecule has 0 aromatic heterocycles. The molecular weight excluding hydrogens is 266 g/mol. The minimum atomic E-state index is 0.102. The second kappa shape index (κ2) is 4.90. The molecule has 2 aliphatic rings. The third-order valence-electron chi connectivity index (χ3n) is 3.73.